The Morgan fingerprint density at radius 3 is 2.65 bits per heavy atom. The zero-order valence-corrected chi connectivity index (χ0v) is 12.4. The number of hydrogen-bond donors (Lipinski definition) is 1. The monoisotopic (exact) mass is 276 g/mol. The van der Waals surface area contributed by atoms with Crippen molar-refractivity contribution in [2.75, 3.05) is 39.5 Å². The molecule has 0 saturated carbocycles. The van der Waals surface area contributed by atoms with E-state index < -0.39 is 0 Å². The Kier molecular flexibility index (Phi) is 4.13. The van der Waals surface area contributed by atoms with Gasteiger partial charge in [-0.15, -0.1) is 0 Å². The van der Waals surface area contributed by atoms with Crippen LogP contribution in [0.3, 0.4) is 0 Å². The van der Waals surface area contributed by atoms with E-state index in [0.29, 0.717) is 18.6 Å². The van der Waals surface area contributed by atoms with E-state index in [1.807, 2.05) is 6.07 Å². The van der Waals surface area contributed by atoms with Gasteiger partial charge in [0.15, 0.2) is 11.5 Å². The van der Waals surface area contributed by atoms with Gasteiger partial charge in [0, 0.05) is 32.7 Å². The number of nitrogens with zero attached hydrogens (tertiary/aromatic N) is 1. The highest BCUT2D eigenvalue weighted by Crippen LogP contribution is 2.36. The zero-order valence-electron chi connectivity index (χ0n) is 12.4. The number of ether oxygens (including phenoxy) is 2. The molecule has 2 aliphatic rings. The second kappa shape index (κ2) is 6.02. The second-order valence-electron chi connectivity index (χ2n) is 6.01. The van der Waals surface area contributed by atoms with Crippen LogP contribution in [-0.2, 0) is 0 Å². The molecule has 1 fully saturated rings. The van der Waals surface area contributed by atoms with Crippen molar-refractivity contribution in [1.82, 2.24) is 10.2 Å². The molecule has 0 aliphatic carbocycles. The van der Waals surface area contributed by atoms with E-state index in [2.05, 4.69) is 36.2 Å². The molecule has 2 heterocycles. The molecule has 1 unspecified atom stereocenters. The standard InChI is InChI=1S/C16H24N2O2/c1-12(2)14(10-18-7-5-17-6-8-18)13-3-4-15-16(9-13)20-11-19-15/h3-4,9,12,14,17H,5-8,10-11H2,1-2H3. The Morgan fingerprint density at radius 1 is 1.15 bits per heavy atom. The van der Waals surface area contributed by atoms with Gasteiger partial charge in [0.2, 0.25) is 6.79 Å². The molecule has 0 spiro atoms. The van der Waals surface area contributed by atoms with E-state index in [1.54, 1.807) is 0 Å². The maximum absolute atomic E-state index is 5.51. The Hall–Kier alpha value is -1.26. The number of benzene rings is 1. The van der Waals surface area contributed by atoms with E-state index in [4.69, 9.17) is 9.47 Å². The molecule has 20 heavy (non-hydrogen) atoms. The molecule has 110 valence electrons. The van der Waals surface area contributed by atoms with Crippen LogP contribution in [0.1, 0.15) is 25.3 Å². The minimum Gasteiger partial charge on any atom is -0.454 e. The summed E-state index contributed by atoms with van der Waals surface area (Å²) in [6.07, 6.45) is 0. The van der Waals surface area contributed by atoms with Crippen LogP contribution >= 0.6 is 0 Å². The normalized spacial score (nSPS) is 20.4. The van der Waals surface area contributed by atoms with Crippen molar-refractivity contribution in [2.45, 2.75) is 19.8 Å². The highest BCUT2D eigenvalue weighted by atomic mass is 16.7. The van der Waals surface area contributed by atoms with Crippen LogP contribution in [-0.4, -0.2) is 44.4 Å². The average Bonchev–Trinajstić information content (AvgIpc) is 2.93. The number of rotatable bonds is 4. The maximum Gasteiger partial charge on any atom is 0.231 e. The second-order valence-corrected chi connectivity index (χ2v) is 6.01. The van der Waals surface area contributed by atoms with Crippen molar-refractivity contribution in [2.24, 2.45) is 5.92 Å². The summed E-state index contributed by atoms with van der Waals surface area (Å²) in [6.45, 7) is 10.6. The molecule has 1 atom stereocenters. The molecule has 0 bridgehead atoms. The Bertz CT molecular complexity index is 456. The largest absolute Gasteiger partial charge is 0.454 e. The number of hydrogen-bond acceptors (Lipinski definition) is 4. The Morgan fingerprint density at radius 2 is 1.90 bits per heavy atom. The number of fused-ring (bicyclic) bond motifs is 1. The van der Waals surface area contributed by atoms with Gasteiger partial charge in [-0.3, -0.25) is 0 Å². The lowest BCUT2D eigenvalue weighted by molar-refractivity contribution is 0.174. The van der Waals surface area contributed by atoms with Crippen LogP contribution in [0.5, 0.6) is 11.5 Å². The van der Waals surface area contributed by atoms with E-state index in [0.717, 1.165) is 44.2 Å². The summed E-state index contributed by atoms with van der Waals surface area (Å²) < 4.78 is 10.9. The fourth-order valence-corrected chi connectivity index (χ4v) is 3.02. The molecule has 4 heteroatoms. The predicted octanol–water partition coefficient (Wildman–Crippen LogP) is 2.06. The first-order chi connectivity index (χ1) is 9.74. The first kappa shape index (κ1) is 13.7. The SMILES string of the molecule is CC(C)C(CN1CCNCC1)c1ccc2c(c1)OCO2. The van der Waals surface area contributed by atoms with Gasteiger partial charge >= 0.3 is 0 Å². The van der Waals surface area contributed by atoms with E-state index >= 15 is 0 Å². The fourth-order valence-electron chi connectivity index (χ4n) is 3.02. The number of nitrogens with one attached hydrogen (secondary N) is 1. The summed E-state index contributed by atoms with van der Waals surface area (Å²) in [5, 5.41) is 3.41. The molecule has 1 N–H and O–H groups in total. The third-order valence-electron chi connectivity index (χ3n) is 4.29. The molecule has 1 aromatic rings. The summed E-state index contributed by atoms with van der Waals surface area (Å²) in [5.74, 6) is 2.93. The van der Waals surface area contributed by atoms with Crippen molar-refractivity contribution in [3.63, 3.8) is 0 Å². The Balaban J connectivity index is 1.75. The van der Waals surface area contributed by atoms with Crippen LogP contribution in [0.25, 0.3) is 0 Å². The van der Waals surface area contributed by atoms with E-state index in [-0.39, 0.29) is 0 Å². The van der Waals surface area contributed by atoms with E-state index in [9.17, 15) is 0 Å². The van der Waals surface area contributed by atoms with Gasteiger partial charge in [0.25, 0.3) is 0 Å². The smallest absolute Gasteiger partial charge is 0.231 e. The molecule has 3 rings (SSSR count). The van der Waals surface area contributed by atoms with Crippen molar-refractivity contribution in [3.8, 4) is 11.5 Å². The average molecular weight is 276 g/mol. The lowest BCUT2D eigenvalue weighted by atomic mass is 9.87. The summed E-state index contributed by atoms with van der Waals surface area (Å²) in [7, 11) is 0. The van der Waals surface area contributed by atoms with Crippen LogP contribution < -0.4 is 14.8 Å². The molecular formula is C16H24N2O2. The third-order valence-corrected chi connectivity index (χ3v) is 4.29. The van der Waals surface area contributed by atoms with Gasteiger partial charge in [-0.25, -0.2) is 0 Å². The van der Waals surface area contributed by atoms with Gasteiger partial charge in [-0.1, -0.05) is 19.9 Å². The van der Waals surface area contributed by atoms with Crippen molar-refractivity contribution in [3.05, 3.63) is 23.8 Å². The fraction of sp³-hybridized carbons (Fsp3) is 0.625. The summed E-state index contributed by atoms with van der Waals surface area (Å²) in [6, 6.07) is 6.40. The van der Waals surface area contributed by atoms with Crippen molar-refractivity contribution >= 4 is 0 Å². The molecule has 0 radical (unpaired) electrons. The predicted molar refractivity (Wildman–Crippen MR) is 79.5 cm³/mol. The van der Waals surface area contributed by atoms with Gasteiger partial charge in [0.05, 0.1) is 0 Å². The molecule has 0 amide bonds. The van der Waals surface area contributed by atoms with Gasteiger partial charge in [-0.05, 0) is 29.5 Å². The summed E-state index contributed by atoms with van der Waals surface area (Å²) >= 11 is 0. The minimum atomic E-state index is 0.350. The molecule has 4 nitrogen and oxygen atoms in total. The zero-order chi connectivity index (χ0) is 13.9. The minimum absolute atomic E-state index is 0.350. The lowest BCUT2D eigenvalue weighted by Gasteiger charge is -2.32. The molecule has 0 aromatic heterocycles. The molecule has 2 aliphatic heterocycles. The van der Waals surface area contributed by atoms with Crippen LogP contribution in [0.15, 0.2) is 18.2 Å². The first-order valence-corrected chi connectivity index (χ1v) is 7.56. The lowest BCUT2D eigenvalue weighted by Crippen LogP contribution is -2.45. The summed E-state index contributed by atoms with van der Waals surface area (Å²) in [4.78, 5) is 2.56. The quantitative estimate of drug-likeness (QED) is 0.912. The van der Waals surface area contributed by atoms with Gasteiger partial charge < -0.3 is 19.7 Å². The van der Waals surface area contributed by atoms with Gasteiger partial charge in [-0.2, -0.15) is 0 Å². The van der Waals surface area contributed by atoms with Crippen molar-refractivity contribution < 1.29 is 9.47 Å². The third kappa shape index (κ3) is 2.91. The molecular weight excluding hydrogens is 252 g/mol. The van der Waals surface area contributed by atoms with E-state index in [1.165, 1.54) is 5.56 Å². The van der Waals surface area contributed by atoms with Gasteiger partial charge in [0.1, 0.15) is 0 Å². The highest BCUT2D eigenvalue weighted by molar-refractivity contribution is 5.45. The Labute approximate surface area is 121 Å². The van der Waals surface area contributed by atoms with Crippen LogP contribution in [0.2, 0.25) is 0 Å². The first-order valence-electron chi connectivity index (χ1n) is 7.56. The van der Waals surface area contributed by atoms with Crippen LogP contribution in [0, 0.1) is 5.92 Å². The topological polar surface area (TPSA) is 33.7 Å². The number of piperazine rings is 1. The maximum atomic E-state index is 5.51. The van der Waals surface area contributed by atoms with Crippen LogP contribution in [0.4, 0.5) is 0 Å². The van der Waals surface area contributed by atoms with Crippen molar-refractivity contribution in [1.29, 1.82) is 0 Å². The molecule has 1 saturated heterocycles. The highest BCUT2D eigenvalue weighted by Gasteiger charge is 2.23. The molecule has 1 aromatic carbocycles. The summed E-state index contributed by atoms with van der Waals surface area (Å²) in [5.41, 5.74) is 1.36.